The Morgan fingerprint density at radius 1 is 0.955 bits per heavy atom. The van der Waals surface area contributed by atoms with Crippen molar-refractivity contribution in [3.8, 4) is 11.5 Å². The van der Waals surface area contributed by atoms with Gasteiger partial charge in [0.25, 0.3) is 0 Å². The maximum atomic E-state index is 12.4. The molecule has 0 heterocycles. The highest BCUT2D eigenvalue weighted by molar-refractivity contribution is 5.46. The number of benzene rings is 2. The third kappa shape index (κ3) is 3.82. The Labute approximate surface area is 124 Å². The molecule has 4 N–H and O–H groups in total. The van der Waals surface area contributed by atoms with Gasteiger partial charge < -0.3 is 20.6 Å². The first-order valence-electron chi connectivity index (χ1n) is 6.38. The molecule has 22 heavy (non-hydrogen) atoms. The van der Waals surface area contributed by atoms with Crippen LogP contribution in [0.25, 0.3) is 0 Å². The second-order valence-electron chi connectivity index (χ2n) is 4.72. The van der Waals surface area contributed by atoms with Gasteiger partial charge >= 0.3 is 6.18 Å². The number of rotatable bonds is 4. The standard InChI is InChI=1S/C15H14F3NO3/c16-15(17,18)10-2-4-11(5-3-10)19-8-14(22)9-1-6-12(20)13(21)7-9/h1-7,14,19-22H,8H2. The first kappa shape index (κ1) is 16.0. The lowest BCUT2D eigenvalue weighted by Gasteiger charge is -2.14. The molecule has 1 atom stereocenters. The molecule has 0 saturated carbocycles. The smallest absolute Gasteiger partial charge is 0.416 e. The summed E-state index contributed by atoms with van der Waals surface area (Å²) in [5.41, 5.74) is 0.0480. The number of aromatic hydroxyl groups is 2. The maximum Gasteiger partial charge on any atom is 0.416 e. The van der Waals surface area contributed by atoms with Gasteiger partial charge in [0.1, 0.15) is 0 Å². The largest absolute Gasteiger partial charge is 0.504 e. The van der Waals surface area contributed by atoms with Crippen molar-refractivity contribution in [2.24, 2.45) is 0 Å². The fraction of sp³-hybridized carbons (Fsp3) is 0.200. The molecule has 0 bridgehead atoms. The third-order valence-corrected chi connectivity index (χ3v) is 3.10. The Morgan fingerprint density at radius 2 is 1.59 bits per heavy atom. The highest BCUT2D eigenvalue weighted by Crippen LogP contribution is 2.30. The average molecular weight is 313 g/mol. The van der Waals surface area contributed by atoms with E-state index in [0.717, 1.165) is 12.1 Å². The zero-order chi connectivity index (χ0) is 16.3. The third-order valence-electron chi connectivity index (χ3n) is 3.10. The summed E-state index contributed by atoms with van der Waals surface area (Å²) in [7, 11) is 0. The van der Waals surface area contributed by atoms with Gasteiger partial charge in [-0.2, -0.15) is 13.2 Å². The number of hydrogen-bond acceptors (Lipinski definition) is 4. The van der Waals surface area contributed by atoms with Gasteiger partial charge in [0, 0.05) is 12.2 Å². The Balaban J connectivity index is 1.98. The number of aliphatic hydroxyl groups is 1. The zero-order valence-corrected chi connectivity index (χ0v) is 11.3. The molecule has 1 unspecified atom stereocenters. The van der Waals surface area contributed by atoms with Crippen LogP contribution in [0.1, 0.15) is 17.2 Å². The van der Waals surface area contributed by atoms with E-state index in [1.807, 2.05) is 0 Å². The van der Waals surface area contributed by atoms with Crippen LogP contribution in [0, 0.1) is 0 Å². The highest BCUT2D eigenvalue weighted by atomic mass is 19.4. The Bertz CT molecular complexity index is 641. The Hall–Kier alpha value is -2.41. The van der Waals surface area contributed by atoms with E-state index < -0.39 is 17.8 Å². The molecular weight excluding hydrogens is 299 g/mol. The zero-order valence-electron chi connectivity index (χ0n) is 11.3. The first-order valence-corrected chi connectivity index (χ1v) is 6.38. The molecule has 118 valence electrons. The first-order chi connectivity index (χ1) is 10.3. The maximum absolute atomic E-state index is 12.4. The number of phenols is 2. The minimum absolute atomic E-state index is 0.0373. The van der Waals surface area contributed by atoms with Gasteiger partial charge in [-0.05, 0) is 42.0 Å². The van der Waals surface area contributed by atoms with Crippen LogP contribution in [0.5, 0.6) is 11.5 Å². The second-order valence-corrected chi connectivity index (χ2v) is 4.72. The van der Waals surface area contributed by atoms with Crippen molar-refractivity contribution in [3.05, 3.63) is 53.6 Å². The molecule has 0 aromatic heterocycles. The number of anilines is 1. The summed E-state index contributed by atoms with van der Waals surface area (Å²) >= 11 is 0. The molecule has 0 radical (unpaired) electrons. The highest BCUT2D eigenvalue weighted by Gasteiger charge is 2.29. The van der Waals surface area contributed by atoms with Crippen molar-refractivity contribution < 1.29 is 28.5 Å². The Kier molecular flexibility index (Phi) is 4.46. The number of nitrogens with one attached hydrogen (secondary N) is 1. The summed E-state index contributed by atoms with van der Waals surface area (Å²) in [6, 6.07) is 8.32. The number of alkyl halides is 3. The summed E-state index contributed by atoms with van der Waals surface area (Å²) in [4.78, 5) is 0. The van der Waals surface area contributed by atoms with E-state index in [1.165, 1.54) is 30.3 Å². The molecule has 0 amide bonds. The molecule has 0 fully saturated rings. The monoisotopic (exact) mass is 313 g/mol. The van der Waals surface area contributed by atoms with Gasteiger partial charge in [-0.25, -0.2) is 0 Å². The molecule has 4 nitrogen and oxygen atoms in total. The van der Waals surface area contributed by atoms with Crippen molar-refractivity contribution in [3.63, 3.8) is 0 Å². The normalized spacial score (nSPS) is 12.9. The van der Waals surface area contributed by atoms with Crippen LogP contribution >= 0.6 is 0 Å². The summed E-state index contributed by atoms with van der Waals surface area (Å²) in [6.07, 6.45) is -5.38. The van der Waals surface area contributed by atoms with Gasteiger partial charge in [0.15, 0.2) is 11.5 Å². The van der Waals surface area contributed by atoms with Gasteiger partial charge in [-0.15, -0.1) is 0 Å². The lowest BCUT2D eigenvalue weighted by atomic mass is 10.1. The van der Waals surface area contributed by atoms with E-state index >= 15 is 0 Å². The van der Waals surface area contributed by atoms with E-state index in [9.17, 15) is 28.5 Å². The minimum Gasteiger partial charge on any atom is -0.504 e. The van der Waals surface area contributed by atoms with E-state index in [1.54, 1.807) is 0 Å². The molecule has 0 aliphatic heterocycles. The van der Waals surface area contributed by atoms with Crippen LogP contribution in [0.2, 0.25) is 0 Å². The molecule has 0 saturated heterocycles. The number of hydrogen-bond donors (Lipinski definition) is 4. The topological polar surface area (TPSA) is 72.7 Å². The second kappa shape index (κ2) is 6.15. The molecule has 7 heteroatoms. The number of aliphatic hydroxyl groups excluding tert-OH is 1. The van der Waals surface area contributed by atoms with E-state index in [4.69, 9.17) is 0 Å². The van der Waals surface area contributed by atoms with Gasteiger partial charge in [0.2, 0.25) is 0 Å². The summed E-state index contributed by atoms with van der Waals surface area (Å²) in [6.45, 7) is 0.0373. The van der Waals surface area contributed by atoms with Crippen LogP contribution in [0.15, 0.2) is 42.5 Å². The van der Waals surface area contributed by atoms with Gasteiger partial charge in [-0.3, -0.25) is 0 Å². The van der Waals surface area contributed by atoms with Crippen molar-refractivity contribution in [2.75, 3.05) is 11.9 Å². The predicted molar refractivity (Wildman–Crippen MR) is 74.7 cm³/mol. The number of halogens is 3. The summed E-state index contributed by atoms with van der Waals surface area (Å²) in [5.74, 6) is -0.655. The number of phenolic OH excluding ortho intramolecular Hbond substituents is 2. The fourth-order valence-corrected chi connectivity index (χ4v) is 1.86. The van der Waals surface area contributed by atoms with E-state index in [2.05, 4.69) is 5.32 Å². The molecule has 2 aromatic carbocycles. The van der Waals surface area contributed by atoms with Crippen molar-refractivity contribution >= 4 is 5.69 Å². The molecule has 0 aliphatic rings. The quantitative estimate of drug-likeness (QED) is 0.654. The SMILES string of the molecule is Oc1ccc(C(O)CNc2ccc(C(F)(F)F)cc2)cc1O. The molecule has 0 spiro atoms. The fourth-order valence-electron chi connectivity index (χ4n) is 1.86. The van der Waals surface area contributed by atoms with Crippen LogP contribution in [0.4, 0.5) is 18.9 Å². The van der Waals surface area contributed by atoms with Crippen LogP contribution < -0.4 is 5.32 Å². The van der Waals surface area contributed by atoms with Crippen LogP contribution in [0.3, 0.4) is 0 Å². The molecule has 2 rings (SSSR count). The molecule has 0 aliphatic carbocycles. The van der Waals surface area contributed by atoms with Crippen molar-refractivity contribution in [1.29, 1.82) is 0 Å². The van der Waals surface area contributed by atoms with Crippen molar-refractivity contribution in [2.45, 2.75) is 12.3 Å². The predicted octanol–water partition coefficient (Wildman–Crippen LogP) is 3.26. The van der Waals surface area contributed by atoms with Crippen LogP contribution in [-0.2, 0) is 6.18 Å². The van der Waals surface area contributed by atoms with E-state index in [0.29, 0.717) is 11.3 Å². The van der Waals surface area contributed by atoms with Crippen molar-refractivity contribution in [1.82, 2.24) is 0 Å². The van der Waals surface area contributed by atoms with Crippen LogP contribution in [-0.4, -0.2) is 21.9 Å². The molecule has 2 aromatic rings. The lowest BCUT2D eigenvalue weighted by Crippen LogP contribution is -2.12. The summed E-state index contributed by atoms with van der Waals surface area (Å²) in [5, 5.41) is 31.3. The van der Waals surface area contributed by atoms with Gasteiger partial charge in [-0.1, -0.05) is 6.07 Å². The average Bonchev–Trinajstić information content (AvgIpc) is 2.47. The Morgan fingerprint density at radius 3 is 2.14 bits per heavy atom. The minimum atomic E-state index is -4.39. The molecular formula is C15H14F3NO3. The lowest BCUT2D eigenvalue weighted by molar-refractivity contribution is -0.137. The van der Waals surface area contributed by atoms with Gasteiger partial charge in [0.05, 0.1) is 11.7 Å². The summed E-state index contributed by atoms with van der Waals surface area (Å²) < 4.78 is 37.3. The van der Waals surface area contributed by atoms with E-state index in [-0.39, 0.29) is 18.0 Å².